The second-order valence-electron chi connectivity index (χ2n) is 5.95. The second-order valence-corrected chi connectivity index (χ2v) is 5.95. The van der Waals surface area contributed by atoms with Gasteiger partial charge in [-0.2, -0.15) is 5.26 Å². The molecule has 1 aliphatic carbocycles. The van der Waals surface area contributed by atoms with Crippen LogP contribution in [0.2, 0.25) is 0 Å². The van der Waals surface area contributed by atoms with E-state index < -0.39 is 0 Å². The summed E-state index contributed by atoms with van der Waals surface area (Å²) in [5.41, 5.74) is 4.31. The van der Waals surface area contributed by atoms with Crippen LogP contribution in [-0.2, 0) is 19.9 Å². The van der Waals surface area contributed by atoms with Crippen molar-refractivity contribution in [2.45, 2.75) is 18.9 Å². The van der Waals surface area contributed by atoms with Crippen LogP contribution in [0.4, 0.5) is 10.3 Å². The zero-order chi connectivity index (χ0) is 16.0. The fourth-order valence-corrected chi connectivity index (χ4v) is 3.28. The first-order valence-corrected chi connectivity index (χ1v) is 7.55. The van der Waals surface area contributed by atoms with Gasteiger partial charge in [0.05, 0.1) is 17.1 Å². The maximum absolute atomic E-state index is 13.9. The zero-order valence-corrected chi connectivity index (χ0v) is 12.7. The smallest absolute Gasteiger partial charge is 0.203 e. The van der Waals surface area contributed by atoms with E-state index in [0.717, 1.165) is 18.4 Å². The molecule has 3 aromatic rings. The minimum Gasteiger partial charge on any atom is -0.352 e. The average molecular weight is 306 g/mol. The van der Waals surface area contributed by atoms with Gasteiger partial charge in [0.2, 0.25) is 5.95 Å². The molecule has 1 aromatic heterocycles. The molecule has 1 unspecified atom stereocenters. The quantitative estimate of drug-likeness (QED) is 0.791. The van der Waals surface area contributed by atoms with Crippen molar-refractivity contribution < 1.29 is 4.39 Å². The van der Waals surface area contributed by atoms with Crippen LogP contribution < -0.4 is 5.32 Å². The number of imidazole rings is 1. The molecule has 0 fully saturated rings. The maximum atomic E-state index is 13.9. The van der Waals surface area contributed by atoms with Crippen LogP contribution in [0.3, 0.4) is 0 Å². The summed E-state index contributed by atoms with van der Waals surface area (Å²) in [6, 6.07) is 13.2. The Balaban J connectivity index is 1.62. The first-order valence-electron chi connectivity index (χ1n) is 7.55. The predicted molar refractivity (Wildman–Crippen MR) is 86.6 cm³/mol. The number of para-hydroxylation sites is 1. The lowest BCUT2D eigenvalue weighted by atomic mass is 10.1. The van der Waals surface area contributed by atoms with Gasteiger partial charge in [-0.05, 0) is 48.2 Å². The van der Waals surface area contributed by atoms with Crippen molar-refractivity contribution in [2.75, 3.05) is 5.32 Å². The summed E-state index contributed by atoms with van der Waals surface area (Å²) >= 11 is 0. The Morgan fingerprint density at radius 2 is 2.09 bits per heavy atom. The molecule has 0 saturated heterocycles. The van der Waals surface area contributed by atoms with Crippen molar-refractivity contribution in [3.63, 3.8) is 0 Å². The van der Waals surface area contributed by atoms with Gasteiger partial charge in [-0.25, -0.2) is 9.37 Å². The highest BCUT2D eigenvalue weighted by atomic mass is 19.1. The van der Waals surface area contributed by atoms with Crippen molar-refractivity contribution in [1.29, 1.82) is 5.26 Å². The third-order valence-corrected chi connectivity index (χ3v) is 4.46. The number of nitrogens with one attached hydrogen (secondary N) is 1. The summed E-state index contributed by atoms with van der Waals surface area (Å²) in [4.78, 5) is 4.40. The monoisotopic (exact) mass is 306 g/mol. The SMILES string of the molecule is Cn1c(NC2Cc3ccc(C#N)cc3C2)nc2c(F)cccc21. The van der Waals surface area contributed by atoms with Crippen LogP contribution in [0, 0.1) is 17.1 Å². The molecule has 0 spiro atoms. The number of hydrogen-bond donors (Lipinski definition) is 1. The number of benzene rings is 2. The van der Waals surface area contributed by atoms with Crippen LogP contribution in [-0.4, -0.2) is 15.6 Å². The Kier molecular flexibility index (Phi) is 3.05. The van der Waals surface area contributed by atoms with Gasteiger partial charge in [0.25, 0.3) is 0 Å². The number of hydrogen-bond acceptors (Lipinski definition) is 3. The first kappa shape index (κ1) is 13.8. The number of anilines is 1. The number of nitriles is 1. The van der Waals surface area contributed by atoms with Crippen molar-refractivity contribution in [3.05, 3.63) is 58.9 Å². The topological polar surface area (TPSA) is 53.6 Å². The van der Waals surface area contributed by atoms with Crippen molar-refractivity contribution in [2.24, 2.45) is 7.05 Å². The molecule has 4 rings (SSSR count). The third-order valence-electron chi connectivity index (χ3n) is 4.46. The van der Waals surface area contributed by atoms with E-state index in [-0.39, 0.29) is 11.9 Å². The Bertz CT molecular complexity index is 952. The zero-order valence-electron chi connectivity index (χ0n) is 12.7. The minimum atomic E-state index is -0.306. The molecule has 0 aliphatic heterocycles. The summed E-state index contributed by atoms with van der Waals surface area (Å²) in [5, 5.41) is 12.4. The summed E-state index contributed by atoms with van der Waals surface area (Å²) in [7, 11) is 1.88. The van der Waals surface area contributed by atoms with E-state index >= 15 is 0 Å². The molecule has 1 aliphatic rings. The Morgan fingerprint density at radius 3 is 2.87 bits per heavy atom. The molecular formula is C18H15FN4. The number of rotatable bonds is 2. The highest BCUT2D eigenvalue weighted by molar-refractivity contribution is 5.79. The summed E-state index contributed by atoms with van der Waals surface area (Å²) in [5.74, 6) is 0.364. The van der Waals surface area contributed by atoms with Crippen molar-refractivity contribution in [1.82, 2.24) is 9.55 Å². The summed E-state index contributed by atoms with van der Waals surface area (Å²) in [6.07, 6.45) is 1.73. The fraction of sp³-hybridized carbons (Fsp3) is 0.222. The highest BCUT2D eigenvalue weighted by Gasteiger charge is 2.23. The second kappa shape index (κ2) is 5.10. The molecule has 4 nitrogen and oxygen atoms in total. The van der Waals surface area contributed by atoms with Gasteiger partial charge in [0.15, 0.2) is 5.82 Å². The van der Waals surface area contributed by atoms with E-state index in [4.69, 9.17) is 5.26 Å². The molecule has 0 radical (unpaired) electrons. The van der Waals surface area contributed by atoms with Crippen LogP contribution in [0.25, 0.3) is 11.0 Å². The molecule has 1 N–H and O–H groups in total. The summed E-state index contributed by atoms with van der Waals surface area (Å²) < 4.78 is 15.7. The maximum Gasteiger partial charge on any atom is 0.203 e. The number of aromatic nitrogens is 2. The average Bonchev–Trinajstić information content (AvgIpc) is 3.09. The van der Waals surface area contributed by atoms with E-state index in [0.29, 0.717) is 17.0 Å². The Morgan fingerprint density at radius 1 is 1.26 bits per heavy atom. The molecule has 114 valence electrons. The van der Waals surface area contributed by atoms with E-state index in [1.165, 1.54) is 17.2 Å². The molecule has 23 heavy (non-hydrogen) atoms. The van der Waals surface area contributed by atoms with Crippen LogP contribution in [0.5, 0.6) is 0 Å². The van der Waals surface area contributed by atoms with Crippen molar-refractivity contribution >= 4 is 17.0 Å². The first-order chi connectivity index (χ1) is 11.2. The molecular weight excluding hydrogens is 291 g/mol. The number of fused-ring (bicyclic) bond motifs is 2. The van der Waals surface area contributed by atoms with Crippen LogP contribution >= 0.6 is 0 Å². The molecule has 5 heteroatoms. The third kappa shape index (κ3) is 2.23. The highest BCUT2D eigenvalue weighted by Crippen LogP contribution is 2.27. The minimum absolute atomic E-state index is 0.206. The van der Waals surface area contributed by atoms with Crippen LogP contribution in [0.15, 0.2) is 36.4 Å². The van der Waals surface area contributed by atoms with Gasteiger partial charge in [-0.15, -0.1) is 0 Å². The molecule has 0 bridgehead atoms. The lowest BCUT2D eigenvalue weighted by Gasteiger charge is -2.12. The normalized spacial score (nSPS) is 16.3. The molecule has 0 saturated carbocycles. The van der Waals surface area contributed by atoms with Gasteiger partial charge >= 0.3 is 0 Å². The standard InChI is InChI=1S/C18H15FN4/c1-23-16-4-2-3-15(19)17(16)22-18(23)21-14-8-12-6-5-11(10-20)7-13(12)9-14/h2-7,14H,8-9H2,1H3,(H,21,22). The van der Waals surface area contributed by atoms with Crippen LogP contribution in [0.1, 0.15) is 16.7 Å². The summed E-state index contributed by atoms with van der Waals surface area (Å²) in [6.45, 7) is 0. The van der Waals surface area contributed by atoms with E-state index in [2.05, 4.69) is 16.4 Å². The van der Waals surface area contributed by atoms with Gasteiger partial charge in [-0.1, -0.05) is 12.1 Å². The molecule has 1 heterocycles. The largest absolute Gasteiger partial charge is 0.352 e. The van der Waals surface area contributed by atoms with Crippen molar-refractivity contribution in [3.8, 4) is 6.07 Å². The lowest BCUT2D eigenvalue weighted by Crippen LogP contribution is -2.21. The number of halogens is 1. The van der Waals surface area contributed by atoms with E-state index in [9.17, 15) is 4.39 Å². The lowest BCUT2D eigenvalue weighted by molar-refractivity contribution is 0.637. The number of nitrogens with zero attached hydrogens (tertiary/aromatic N) is 3. The predicted octanol–water partition coefficient (Wildman–Crippen LogP) is 3.16. The Hall–Kier alpha value is -2.87. The van der Waals surface area contributed by atoms with Gasteiger partial charge in [-0.3, -0.25) is 0 Å². The van der Waals surface area contributed by atoms with E-state index in [1.54, 1.807) is 6.07 Å². The molecule has 2 aromatic carbocycles. The molecule has 1 atom stereocenters. The number of aryl methyl sites for hydroxylation is 1. The van der Waals surface area contributed by atoms with Gasteiger partial charge in [0.1, 0.15) is 5.52 Å². The van der Waals surface area contributed by atoms with Gasteiger partial charge < -0.3 is 9.88 Å². The van der Waals surface area contributed by atoms with Gasteiger partial charge in [0, 0.05) is 13.1 Å². The molecule has 0 amide bonds. The van der Waals surface area contributed by atoms with E-state index in [1.807, 2.05) is 35.9 Å². The fourth-order valence-electron chi connectivity index (χ4n) is 3.28. The Labute approximate surface area is 133 Å².